The van der Waals surface area contributed by atoms with Crippen molar-refractivity contribution in [1.29, 1.82) is 0 Å². The second-order valence-electron chi connectivity index (χ2n) is 2.90. The fourth-order valence-electron chi connectivity index (χ4n) is 0.925. The topological polar surface area (TPSA) is 87.7 Å². The highest BCUT2D eigenvalue weighted by Crippen LogP contribution is 2.07. The lowest BCUT2D eigenvalue weighted by Gasteiger charge is -2.06. The van der Waals surface area contributed by atoms with Crippen molar-refractivity contribution >= 4 is 12.1 Å². The summed E-state index contributed by atoms with van der Waals surface area (Å²) in [5.74, 6) is -0.522. The van der Waals surface area contributed by atoms with Gasteiger partial charge in [0.1, 0.15) is 5.75 Å². The second kappa shape index (κ2) is 6.41. The molecule has 0 spiro atoms. The van der Waals surface area contributed by atoms with E-state index in [1.165, 1.54) is 0 Å². The number of nitrogens with one attached hydrogen (secondary N) is 2. The standard InChI is InChI=1S/C10H12N2O4/c13-9(14)6-7-11-12-10(15)16-8-4-2-1-3-5-8/h1-5,11H,6-7H2,(H,12,15)(H,13,14). The zero-order valence-electron chi connectivity index (χ0n) is 8.47. The molecule has 1 aromatic rings. The number of aliphatic carboxylic acids is 1. The number of rotatable bonds is 5. The van der Waals surface area contributed by atoms with E-state index in [0.717, 1.165) is 0 Å². The van der Waals surface area contributed by atoms with Crippen LogP contribution >= 0.6 is 0 Å². The Labute approximate surface area is 92.2 Å². The van der Waals surface area contributed by atoms with Crippen molar-refractivity contribution in [3.63, 3.8) is 0 Å². The largest absolute Gasteiger partial charge is 0.481 e. The maximum atomic E-state index is 11.1. The number of amides is 1. The minimum Gasteiger partial charge on any atom is -0.481 e. The first kappa shape index (κ1) is 12.0. The van der Waals surface area contributed by atoms with Gasteiger partial charge in [0.05, 0.1) is 6.42 Å². The average molecular weight is 224 g/mol. The number of carbonyl (C=O) groups is 2. The van der Waals surface area contributed by atoms with Gasteiger partial charge < -0.3 is 9.84 Å². The van der Waals surface area contributed by atoms with Gasteiger partial charge in [-0.3, -0.25) is 10.2 Å². The van der Waals surface area contributed by atoms with Crippen LogP contribution in [0.2, 0.25) is 0 Å². The molecule has 0 radical (unpaired) electrons. The summed E-state index contributed by atoms with van der Waals surface area (Å²) >= 11 is 0. The van der Waals surface area contributed by atoms with Crippen LogP contribution in [0, 0.1) is 0 Å². The third-order valence-corrected chi connectivity index (χ3v) is 1.61. The maximum absolute atomic E-state index is 11.1. The molecule has 0 unspecified atom stereocenters. The van der Waals surface area contributed by atoms with Crippen molar-refractivity contribution in [2.24, 2.45) is 0 Å². The SMILES string of the molecule is O=C(O)CCNNC(=O)Oc1ccccc1. The lowest BCUT2D eigenvalue weighted by molar-refractivity contribution is -0.136. The predicted molar refractivity (Wildman–Crippen MR) is 55.9 cm³/mol. The Kier molecular flexibility index (Phi) is 4.81. The monoisotopic (exact) mass is 224 g/mol. The predicted octanol–water partition coefficient (Wildman–Crippen LogP) is 0.754. The summed E-state index contributed by atoms with van der Waals surface area (Å²) in [6.45, 7) is 0.138. The first-order chi connectivity index (χ1) is 7.68. The lowest BCUT2D eigenvalue weighted by atomic mass is 10.3. The second-order valence-corrected chi connectivity index (χ2v) is 2.90. The van der Waals surface area contributed by atoms with Gasteiger partial charge in [0.25, 0.3) is 0 Å². The van der Waals surface area contributed by atoms with Crippen molar-refractivity contribution in [2.75, 3.05) is 6.54 Å². The molecule has 16 heavy (non-hydrogen) atoms. The van der Waals surface area contributed by atoms with Crippen LogP contribution in [0.5, 0.6) is 5.75 Å². The molecule has 0 saturated carbocycles. The van der Waals surface area contributed by atoms with Gasteiger partial charge in [-0.2, -0.15) is 0 Å². The summed E-state index contributed by atoms with van der Waals surface area (Å²) in [4.78, 5) is 21.3. The quantitative estimate of drug-likeness (QED) is 0.507. The Bertz CT molecular complexity index is 353. The van der Waals surface area contributed by atoms with Crippen molar-refractivity contribution in [1.82, 2.24) is 10.9 Å². The molecule has 0 aliphatic carbocycles. The molecule has 6 nitrogen and oxygen atoms in total. The van der Waals surface area contributed by atoms with Gasteiger partial charge >= 0.3 is 12.1 Å². The molecule has 6 heteroatoms. The van der Waals surface area contributed by atoms with Gasteiger partial charge in [-0.05, 0) is 12.1 Å². The summed E-state index contributed by atoms with van der Waals surface area (Å²) in [6, 6.07) is 8.55. The van der Waals surface area contributed by atoms with Crippen LogP contribution in [0.15, 0.2) is 30.3 Å². The number of hydrogen-bond donors (Lipinski definition) is 3. The zero-order valence-corrected chi connectivity index (χ0v) is 8.47. The summed E-state index contributed by atoms with van der Waals surface area (Å²) in [7, 11) is 0. The van der Waals surface area contributed by atoms with E-state index < -0.39 is 12.1 Å². The number of carbonyl (C=O) groups excluding carboxylic acids is 1. The number of para-hydroxylation sites is 1. The molecule has 0 aliphatic rings. The van der Waals surface area contributed by atoms with Gasteiger partial charge in [-0.25, -0.2) is 10.2 Å². The molecule has 0 aromatic heterocycles. The van der Waals surface area contributed by atoms with Crippen molar-refractivity contribution in [3.8, 4) is 5.75 Å². The summed E-state index contributed by atoms with van der Waals surface area (Å²) in [5.41, 5.74) is 4.64. The summed E-state index contributed by atoms with van der Waals surface area (Å²) in [6.07, 6.45) is -0.761. The van der Waals surface area contributed by atoms with Crippen LogP contribution in [-0.4, -0.2) is 23.7 Å². The molecule has 86 valence electrons. The molecule has 0 atom stereocenters. The molecular formula is C10H12N2O4. The molecule has 1 amide bonds. The third kappa shape index (κ3) is 4.97. The normalized spacial score (nSPS) is 9.50. The van der Waals surface area contributed by atoms with Crippen LogP contribution < -0.4 is 15.6 Å². The number of ether oxygens (including phenoxy) is 1. The lowest BCUT2D eigenvalue weighted by Crippen LogP contribution is -2.40. The Hall–Kier alpha value is -2.08. The van der Waals surface area contributed by atoms with E-state index in [-0.39, 0.29) is 13.0 Å². The van der Waals surface area contributed by atoms with Crippen LogP contribution in [0.4, 0.5) is 4.79 Å². The number of benzene rings is 1. The van der Waals surface area contributed by atoms with E-state index in [4.69, 9.17) is 9.84 Å². The molecule has 1 rings (SSSR count). The molecule has 0 heterocycles. The number of hydrazine groups is 1. The molecule has 0 aliphatic heterocycles. The number of hydrogen-bond acceptors (Lipinski definition) is 4. The zero-order chi connectivity index (χ0) is 11.8. The smallest absolute Gasteiger partial charge is 0.427 e. The number of carboxylic acids is 1. The van der Waals surface area contributed by atoms with Gasteiger partial charge in [-0.1, -0.05) is 18.2 Å². The fourth-order valence-corrected chi connectivity index (χ4v) is 0.925. The van der Waals surface area contributed by atoms with E-state index in [0.29, 0.717) is 5.75 Å². The van der Waals surface area contributed by atoms with Crippen LogP contribution in [0.25, 0.3) is 0 Å². The highest BCUT2D eigenvalue weighted by Gasteiger charge is 2.02. The van der Waals surface area contributed by atoms with E-state index in [2.05, 4.69) is 10.9 Å². The van der Waals surface area contributed by atoms with E-state index in [1.54, 1.807) is 30.3 Å². The van der Waals surface area contributed by atoms with E-state index in [9.17, 15) is 9.59 Å². The van der Waals surface area contributed by atoms with Crippen LogP contribution in [-0.2, 0) is 4.79 Å². The molecule has 0 saturated heterocycles. The molecular weight excluding hydrogens is 212 g/mol. The maximum Gasteiger partial charge on any atom is 0.427 e. The highest BCUT2D eigenvalue weighted by molar-refractivity contribution is 5.70. The highest BCUT2D eigenvalue weighted by atomic mass is 16.6. The molecule has 0 fully saturated rings. The van der Waals surface area contributed by atoms with Gasteiger partial charge in [0.2, 0.25) is 0 Å². The van der Waals surface area contributed by atoms with Gasteiger partial charge in [0, 0.05) is 6.54 Å². The minimum atomic E-state index is -0.939. The first-order valence-electron chi connectivity index (χ1n) is 4.66. The number of carboxylic acid groups (broad SMARTS) is 1. The third-order valence-electron chi connectivity index (χ3n) is 1.61. The summed E-state index contributed by atoms with van der Waals surface area (Å²) in [5, 5.41) is 8.33. The van der Waals surface area contributed by atoms with Crippen molar-refractivity contribution < 1.29 is 19.4 Å². The molecule has 1 aromatic carbocycles. The van der Waals surface area contributed by atoms with Gasteiger partial charge in [-0.15, -0.1) is 0 Å². The Balaban J connectivity index is 2.19. The van der Waals surface area contributed by atoms with Crippen molar-refractivity contribution in [3.05, 3.63) is 30.3 Å². The minimum absolute atomic E-state index is 0.0778. The van der Waals surface area contributed by atoms with Crippen molar-refractivity contribution in [2.45, 2.75) is 6.42 Å². The summed E-state index contributed by atoms with van der Waals surface area (Å²) < 4.78 is 4.86. The molecule has 3 N–H and O–H groups in total. The van der Waals surface area contributed by atoms with Crippen LogP contribution in [0.3, 0.4) is 0 Å². The Morgan fingerprint density at radius 1 is 1.25 bits per heavy atom. The Morgan fingerprint density at radius 3 is 2.56 bits per heavy atom. The average Bonchev–Trinajstić information content (AvgIpc) is 2.25. The van der Waals surface area contributed by atoms with Gasteiger partial charge in [0.15, 0.2) is 0 Å². The Morgan fingerprint density at radius 2 is 1.94 bits per heavy atom. The van der Waals surface area contributed by atoms with Crippen LogP contribution in [0.1, 0.15) is 6.42 Å². The van der Waals surface area contributed by atoms with E-state index >= 15 is 0 Å². The van der Waals surface area contributed by atoms with E-state index in [1.807, 2.05) is 0 Å². The fraction of sp³-hybridized carbons (Fsp3) is 0.200. The molecule has 0 bridgehead atoms. The first-order valence-corrected chi connectivity index (χ1v) is 4.66.